The number of oxazole rings is 1. The van der Waals surface area contributed by atoms with E-state index in [9.17, 15) is 4.79 Å². The highest BCUT2D eigenvalue weighted by Gasteiger charge is 2.27. The Labute approximate surface area is 154 Å². The summed E-state index contributed by atoms with van der Waals surface area (Å²) in [5.74, 6) is 1.96. The van der Waals surface area contributed by atoms with Gasteiger partial charge in [-0.1, -0.05) is 43.5 Å². The normalized spacial score (nSPS) is 20.4. The van der Waals surface area contributed by atoms with Crippen molar-refractivity contribution in [1.82, 2.24) is 9.88 Å². The van der Waals surface area contributed by atoms with Crippen molar-refractivity contribution in [1.29, 1.82) is 0 Å². The minimum Gasteiger partial charge on any atom is -0.441 e. The summed E-state index contributed by atoms with van der Waals surface area (Å²) in [6.45, 7) is 2.25. The summed E-state index contributed by atoms with van der Waals surface area (Å²) in [5, 5.41) is 0.632. The lowest BCUT2D eigenvalue weighted by atomic mass is 9.85. The highest BCUT2D eigenvalue weighted by atomic mass is 35.5. The molecule has 1 saturated carbocycles. The fourth-order valence-electron chi connectivity index (χ4n) is 3.66. The molecule has 0 aliphatic heterocycles. The van der Waals surface area contributed by atoms with Crippen LogP contribution in [0.25, 0.3) is 11.3 Å². The quantitative estimate of drug-likeness (QED) is 0.756. The number of rotatable bonds is 5. The monoisotopic (exact) mass is 360 g/mol. The number of benzene rings is 1. The van der Waals surface area contributed by atoms with Crippen LogP contribution in [0.3, 0.4) is 0 Å². The van der Waals surface area contributed by atoms with Crippen molar-refractivity contribution in [2.75, 3.05) is 7.05 Å². The van der Waals surface area contributed by atoms with Crippen LogP contribution in [0.1, 0.15) is 44.9 Å². The number of hydrogen-bond acceptors (Lipinski definition) is 3. The van der Waals surface area contributed by atoms with E-state index in [4.69, 9.17) is 16.0 Å². The molecule has 25 heavy (non-hydrogen) atoms. The molecule has 2 atom stereocenters. The van der Waals surface area contributed by atoms with Gasteiger partial charge in [0, 0.05) is 31.5 Å². The van der Waals surface area contributed by atoms with E-state index in [0.29, 0.717) is 41.5 Å². The van der Waals surface area contributed by atoms with Crippen molar-refractivity contribution < 1.29 is 9.21 Å². The van der Waals surface area contributed by atoms with E-state index in [1.807, 2.05) is 36.2 Å². The molecule has 1 aromatic carbocycles. The van der Waals surface area contributed by atoms with Crippen LogP contribution < -0.4 is 0 Å². The number of nitrogens with zero attached hydrogens (tertiary/aromatic N) is 2. The summed E-state index contributed by atoms with van der Waals surface area (Å²) >= 11 is 6.19. The van der Waals surface area contributed by atoms with Crippen LogP contribution in [0.5, 0.6) is 0 Å². The molecular weight excluding hydrogens is 336 g/mol. The number of amides is 1. The van der Waals surface area contributed by atoms with Gasteiger partial charge in [0.25, 0.3) is 0 Å². The van der Waals surface area contributed by atoms with Gasteiger partial charge in [0.1, 0.15) is 0 Å². The Morgan fingerprint density at radius 1 is 1.32 bits per heavy atom. The highest BCUT2D eigenvalue weighted by Crippen LogP contribution is 2.29. The molecule has 5 heteroatoms. The molecule has 1 aliphatic carbocycles. The Kier molecular flexibility index (Phi) is 5.79. The van der Waals surface area contributed by atoms with Crippen molar-refractivity contribution in [3.05, 3.63) is 41.4 Å². The zero-order valence-electron chi connectivity index (χ0n) is 14.9. The van der Waals surface area contributed by atoms with Crippen LogP contribution >= 0.6 is 11.6 Å². The topological polar surface area (TPSA) is 46.3 Å². The largest absolute Gasteiger partial charge is 0.441 e. The maximum atomic E-state index is 12.5. The Balaban J connectivity index is 1.58. The molecule has 2 unspecified atom stereocenters. The number of carbonyl (C=O) groups excluding carboxylic acids is 1. The number of halogens is 1. The van der Waals surface area contributed by atoms with Gasteiger partial charge in [0.2, 0.25) is 5.91 Å². The Morgan fingerprint density at radius 3 is 2.84 bits per heavy atom. The number of aryl methyl sites for hydroxylation is 1. The van der Waals surface area contributed by atoms with Gasteiger partial charge in [0.05, 0.1) is 11.2 Å². The second-order valence-electron chi connectivity index (χ2n) is 6.93. The molecule has 0 N–H and O–H groups in total. The second kappa shape index (κ2) is 8.05. The minimum absolute atomic E-state index is 0.163. The summed E-state index contributed by atoms with van der Waals surface area (Å²) < 4.78 is 5.78. The van der Waals surface area contributed by atoms with Crippen LogP contribution in [0.15, 0.2) is 34.9 Å². The number of aromatic nitrogens is 1. The summed E-state index contributed by atoms with van der Waals surface area (Å²) in [5.41, 5.74) is 0.822. The molecule has 1 heterocycles. The standard InChI is InChI=1S/C20H25ClN2O2/c1-14-7-3-6-10-17(14)23(2)20(24)12-11-19-22-13-18(25-19)15-8-4-5-9-16(15)21/h4-5,8-9,13-14,17H,3,6-7,10-12H2,1-2H3. The van der Waals surface area contributed by atoms with Crippen LogP contribution in [0, 0.1) is 5.92 Å². The highest BCUT2D eigenvalue weighted by molar-refractivity contribution is 6.33. The fraction of sp³-hybridized carbons (Fsp3) is 0.500. The van der Waals surface area contributed by atoms with Crippen molar-refractivity contribution >= 4 is 17.5 Å². The third-order valence-electron chi connectivity index (χ3n) is 5.20. The first kappa shape index (κ1) is 18.0. The van der Waals surface area contributed by atoms with Gasteiger partial charge >= 0.3 is 0 Å². The van der Waals surface area contributed by atoms with Crippen molar-refractivity contribution in [2.24, 2.45) is 5.92 Å². The second-order valence-corrected chi connectivity index (χ2v) is 7.34. The van der Waals surface area contributed by atoms with E-state index < -0.39 is 0 Å². The van der Waals surface area contributed by atoms with E-state index in [2.05, 4.69) is 11.9 Å². The number of carbonyl (C=O) groups is 1. The lowest BCUT2D eigenvalue weighted by Gasteiger charge is -2.36. The average molecular weight is 361 g/mol. The van der Waals surface area contributed by atoms with Crippen LogP contribution in [0.2, 0.25) is 5.02 Å². The van der Waals surface area contributed by atoms with Crippen LogP contribution in [-0.4, -0.2) is 28.9 Å². The molecule has 2 aromatic rings. The van der Waals surface area contributed by atoms with E-state index in [-0.39, 0.29) is 5.91 Å². The summed E-state index contributed by atoms with van der Waals surface area (Å²) in [4.78, 5) is 18.8. The smallest absolute Gasteiger partial charge is 0.223 e. The molecule has 1 aliphatic rings. The minimum atomic E-state index is 0.163. The van der Waals surface area contributed by atoms with E-state index >= 15 is 0 Å². The molecule has 4 nitrogen and oxygen atoms in total. The van der Waals surface area contributed by atoms with Gasteiger partial charge in [-0.05, 0) is 30.9 Å². The van der Waals surface area contributed by atoms with E-state index in [1.54, 1.807) is 6.20 Å². The average Bonchev–Trinajstić information content (AvgIpc) is 3.08. The van der Waals surface area contributed by atoms with E-state index in [1.165, 1.54) is 19.3 Å². The predicted molar refractivity (Wildman–Crippen MR) is 99.5 cm³/mol. The first-order chi connectivity index (χ1) is 12.1. The van der Waals surface area contributed by atoms with E-state index in [0.717, 1.165) is 12.0 Å². The van der Waals surface area contributed by atoms with Crippen LogP contribution in [-0.2, 0) is 11.2 Å². The molecule has 0 saturated heterocycles. The maximum Gasteiger partial charge on any atom is 0.223 e. The van der Waals surface area contributed by atoms with Gasteiger partial charge in [-0.25, -0.2) is 4.98 Å². The first-order valence-electron chi connectivity index (χ1n) is 9.01. The molecular formula is C20H25ClN2O2. The lowest BCUT2D eigenvalue weighted by molar-refractivity contribution is -0.133. The van der Waals surface area contributed by atoms with Gasteiger partial charge in [-0.3, -0.25) is 4.79 Å². The SMILES string of the molecule is CC1CCCCC1N(C)C(=O)CCc1ncc(-c2ccccc2Cl)o1. The molecule has 0 bridgehead atoms. The Bertz CT molecular complexity index is 728. The zero-order valence-corrected chi connectivity index (χ0v) is 15.6. The van der Waals surface area contributed by atoms with Crippen LogP contribution in [0.4, 0.5) is 0 Å². The molecule has 0 spiro atoms. The molecule has 1 amide bonds. The zero-order chi connectivity index (χ0) is 17.8. The van der Waals surface area contributed by atoms with Gasteiger partial charge < -0.3 is 9.32 Å². The number of hydrogen-bond donors (Lipinski definition) is 0. The lowest BCUT2D eigenvalue weighted by Crippen LogP contribution is -2.42. The Morgan fingerprint density at radius 2 is 2.08 bits per heavy atom. The third kappa shape index (κ3) is 4.24. The van der Waals surface area contributed by atoms with Gasteiger partial charge in [0.15, 0.2) is 11.7 Å². The van der Waals surface area contributed by atoms with Gasteiger partial charge in [-0.15, -0.1) is 0 Å². The fourth-order valence-corrected chi connectivity index (χ4v) is 3.89. The predicted octanol–water partition coefficient (Wildman–Crippen LogP) is 4.96. The molecule has 1 fully saturated rings. The molecule has 3 rings (SSSR count). The van der Waals surface area contributed by atoms with Crippen molar-refractivity contribution in [2.45, 2.75) is 51.5 Å². The molecule has 1 aromatic heterocycles. The molecule has 134 valence electrons. The Hall–Kier alpha value is -1.81. The van der Waals surface area contributed by atoms with Crippen molar-refractivity contribution in [3.8, 4) is 11.3 Å². The maximum absolute atomic E-state index is 12.5. The summed E-state index contributed by atoms with van der Waals surface area (Å²) in [6.07, 6.45) is 7.42. The summed E-state index contributed by atoms with van der Waals surface area (Å²) in [6, 6.07) is 7.88. The third-order valence-corrected chi connectivity index (χ3v) is 5.53. The van der Waals surface area contributed by atoms with Crippen molar-refractivity contribution in [3.63, 3.8) is 0 Å². The van der Waals surface area contributed by atoms with Gasteiger partial charge in [-0.2, -0.15) is 0 Å². The molecule has 0 radical (unpaired) electrons. The summed E-state index contributed by atoms with van der Waals surface area (Å²) in [7, 11) is 1.93. The first-order valence-corrected chi connectivity index (χ1v) is 9.39.